The zero-order valence-corrected chi connectivity index (χ0v) is 22.8. The summed E-state index contributed by atoms with van der Waals surface area (Å²) in [6.45, 7) is 3.55. The Kier molecular flexibility index (Phi) is 7.32. The molecule has 2 aromatic carbocycles. The van der Waals surface area contributed by atoms with Crippen molar-refractivity contribution >= 4 is 50.7 Å². The van der Waals surface area contributed by atoms with E-state index in [0.717, 1.165) is 17.0 Å². The van der Waals surface area contributed by atoms with Crippen LogP contribution < -0.4 is 19.8 Å². The second kappa shape index (κ2) is 10.3. The number of hydrogen-bond acceptors (Lipinski definition) is 9. The van der Waals surface area contributed by atoms with Crippen LogP contribution in [-0.2, 0) is 9.53 Å². The van der Waals surface area contributed by atoms with Crippen LogP contribution in [0.1, 0.15) is 31.0 Å². The number of rotatable bonds is 6. The third-order valence-electron chi connectivity index (χ3n) is 5.81. The fourth-order valence-corrected chi connectivity index (χ4v) is 5.56. The lowest BCUT2D eigenvalue weighted by Gasteiger charge is -2.25. The summed E-state index contributed by atoms with van der Waals surface area (Å²) in [6.07, 6.45) is 1.38. The van der Waals surface area contributed by atoms with Crippen LogP contribution in [0.4, 0.5) is 11.4 Å². The molecule has 4 rings (SSSR count). The Balaban J connectivity index is 1.97. The number of carbonyl (C=O) groups excluding carboxylic acids is 1. The summed E-state index contributed by atoms with van der Waals surface area (Å²) in [5.41, 5.74) is 1.46. The highest BCUT2D eigenvalue weighted by atomic mass is 79.9. The highest BCUT2D eigenvalue weighted by Gasteiger charge is 2.33. The Labute approximate surface area is 223 Å². The minimum atomic E-state index is -0.792. The maximum absolute atomic E-state index is 13.7. The molecule has 3 aromatic rings. The smallest absolute Gasteiger partial charge is 0.338 e. The molecule has 37 heavy (non-hydrogen) atoms. The van der Waals surface area contributed by atoms with Crippen LogP contribution >= 0.6 is 27.3 Å². The minimum absolute atomic E-state index is 0.0968. The van der Waals surface area contributed by atoms with Crippen LogP contribution in [0.3, 0.4) is 0 Å². The van der Waals surface area contributed by atoms with Gasteiger partial charge in [0, 0.05) is 35.9 Å². The van der Waals surface area contributed by atoms with Gasteiger partial charge in [-0.25, -0.2) is 9.79 Å². The Morgan fingerprint density at radius 2 is 2.00 bits per heavy atom. The number of anilines is 1. The van der Waals surface area contributed by atoms with Gasteiger partial charge in [0.1, 0.15) is 0 Å². The Morgan fingerprint density at radius 3 is 2.59 bits per heavy atom. The molecule has 0 aliphatic carbocycles. The molecule has 0 saturated carbocycles. The van der Waals surface area contributed by atoms with E-state index in [1.54, 1.807) is 13.8 Å². The molecule has 192 valence electrons. The average molecular weight is 587 g/mol. The van der Waals surface area contributed by atoms with Gasteiger partial charge in [0.2, 0.25) is 5.75 Å². The maximum Gasteiger partial charge on any atom is 0.338 e. The second-order valence-corrected chi connectivity index (χ2v) is 10.3. The molecule has 0 spiro atoms. The Hall–Kier alpha value is -3.77. The predicted octanol–water partition coefficient (Wildman–Crippen LogP) is 3.24. The van der Waals surface area contributed by atoms with Crippen LogP contribution in [0.5, 0.6) is 5.75 Å². The molecule has 0 saturated heterocycles. The standard InChI is InChI=1S/C25H23BrN4O6S/c1-5-36-24(33)20-13(2)27-25-29(21(20)14-6-8-17(9-7-14)28(3)4)23(32)19(37-25)11-15-10-16(26)12-18(22(15)31)30(34)35/h6-12,21,31H,5H2,1-4H3. The summed E-state index contributed by atoms with van der Waals surface area (Å²) in [5.74, 6) is -1.13. The monoisotopic (exact) mass is 586 g/mol. The first-order valence-corrected chi connectivity index (χ1v) is 12.8. The molecule has 2 heterocycles. The fraction of sp³-hybridized carbons (Fsp3) is 0.240. The van der Waals surface area contributed by atoms with Gasteiger partial charge in [-0.05, 0) is 43.7 Å². The van der Waals surface area contributed by atoms with E-state index in [0.29, 0.717) is 20.5 Å². The van der Waals surface area contributed by atoms with Crippen molar-refractivity contribution in [3.05, 3.63) is 93.1 Å². The summed E-state index contributed by atoms with van der Waals surface area (Å²) in [4.78, 5) is 44.1. The van der Waals surface area contributed by atoms with Gasteiger partial charge in [-0.2, -0.15) is 0 Å². The Bertz CT molecular complexity index is 1620. The molecule has 0 bridgehead atoms. The van der Waals surface area contributed by atoms with Crippen molar-refractivity contribution in [2.45, 2.75) is 19.9 Å². The van der Waals surface area contributed by atoms with E-state index >= 15 is 0 Å². The zero-order valence-electron chi connectivity index (χ0n) is 20.4. The quantitative estimate of drug-likeness (QED) is 0.267. The number of nitrogens with zero attached hydrogens (tertiary/aromatic N) is 4. The lowest BCUT2D eigenvalue weighted by Crippen LogP contribution is -2.39. The van der Waals surface area contributed by atoms with Crippen molar-refractivity contribution in [3.8, 4) is 5.75 Å². The van der Waals surface area contributed by atoms with Crippen molar-refractivity contribution in [2.24, 2.45) is 4.99 Å². The van der Waals surface area contributed by atoms with E-state index in [-0.39, 0.29) is 22.3 Å². The third kappa shape index (κ3) is 4.94. The van der Waals surface area contributed by atoms with Crippen LogP contribution in [0.2, 0.25) is 0 Å². The minimum Gasteiger partial charge on any atom is -0.502 e. The van der Waals surface area contributed by atoms with E-state index in [1.165, 1.54) is 22.8 Å². The summed E-state index contributed by atoms with van der Waals surface area (Å²) < 4.78 is 7.28. The molecular weight excluding hydrogens is 564 g/mol. The zero-order chi connectivity index (χ0) is 27.0. The van der Waals surface area contributed by atoms with Gasteiger partial charge in [-0.1, -0.05) is 39.4 Å². The number of thiazole rings is 1. The van der Waals surface area contributed by atoms with Crippen molar-refractivity contribution < 1.29 is 19.6 Å². The Morgan fingerprint density at radius 1 is 1.32 bits per heavy atom. The number of allylic oxidation sites excluding steroid dienone is 1. The molecule has 1 aromatic heterocycles. The number of carbonyl (C=O) groups is 1. The molecule has 12 heteroatoms. The highest BCUT2D eigenvalue weighted by Crippen LogP contribution is 2.34. The number of esters is 1. The van der Waals surface area contributed by atoms with Gasteiger partial charge < -0.3 is 14.7 Å². The largest absolute Gasteiger partial charge is 0.502 e. The topological polar surface area (TPSA) is 127 Å². The van der Waals surface area contributed by atoms with Crippen LogP contribution in [0.25, 0.3) is 6.08 Å². The first-order valence-electron chi connectivity index (χ1n) is 11.2. The van der Waals surface area contributed by atoms with E-state index in [2.05, 4.69) is 20.9 Å². The normalized spacial score (nSPS) is 15.3. The number of nitro benzene ring substituents is 1. The molecule has 10 nitrogen and oxygen atoms in total. The predicted molar refractivity (Wildman–Crippen MR) is 144 cm³/mol. The number of nitro groups is 1. The first kappa shape index (κ1) is 26.3. The van der Waals surface area contributed by atoms with Crippen LogP contribution in [0.15, 0.2) is 61.9 Å². The molecule has 0 radical (unpaired) electrons. The van der Waals surface area contributed by atoms with Crippen molar-refractivity contribution in [1.82, 2.24) is 4.57 Å². The third-order valence-corrected chi connectivity index (χ3v) is 7.25. The molecular formula is C25H23BrN4O6S. The average Bonchev–Trinajstić information content (AvgIpc) is 3.14. The van der Waals surface area contributed by atoms with E-state index in [1.807, 2.05) is 43.3 Å². The fourth-order valence-electron chi connectivity index (χ4n) is 4.06. The number of halogens is 1. The molecule has 0 amide bonds. The van der Waals surface area contributed by atoms with Gasteiger partial charge in [0.25, 0.3) is 5.56 Å². The SMILES string of the molecule is CCOC(=O)C1=C(C)N=c2sc(=Cc3cc(Br)cc([N+](=O)[O-])c3O)c(=O)n2C1c1ccc(N(C)C)cc1. The van der Waals surface area contributed by atoms with Gasteiger partial charge in [0.15, 0.2) is 4.80 Å². The van der Waals surface area contributed by atoms with E-state index in [9.17, 15) is 24.8 Å². The van der Waals surface area contributed by atoms with E-state index in [4.69, 9.17) is 4.74 Å². The van der Waals surface area contributed by atoms with Gasteiger partial charge in [-0.15, -0.1) is 0 Å². The number of phenolic OH excluding ortho intramolecular Hbond substituents is 1. The van der Waals surface area contributed by atoms with Gasteiger partial charge in [0.05, 0.1) is 33.4 Å². The van der Waals surface area contributed by atoms with Gasteiger partial charge >= 0.3 is 11.7 Å². The summed E-state index contributed by atoms with van der Waals surface area (Å²) in [6, 6.07) is 9.34. The summed E-state index contributed by atoms with van der Waals surface area (Å²) in [5, 5.41) is 21.8. The van der Waals surface area contributed by atoms with Crippen molar-refractivity contribution in [2.75, 3.05) is 25.6 Å². The molecule has 1 N–H and O–H groups in total. The van der Waals surface area contributed by atoms with Crippen molar-refractivity contribution in [1.29, 1.82) is 0 Å². The molecule has 1 atom stereocenters. The van der Waals surface area contributed by atoms with Gasteiger partial charge in [-0.3, -0.25) is 19.5 Å². The number of ether oxygens (including phenoxy) is 1. The highest BCUT2D eigenvalue weighted by molar-refractivity contribution is 9.10. The number of aromatic hydroxyl groups is 1. The number of phenols is 1. The second-order valence-electron chi connectivity index (χ2n) is 8.41. The lowest BCUT2D eigenvalue weighted by molar-refractivity contribution is -0.385. The first-order chi connectivity index (χ1) is 17.5. The molecule has 1 aliphatic rings. The maximum atomic E-state index is 13.7. The number of benzene rings is 2. The van der Waals surface area contributed by atoms with Crippen LogP contribution in [0, 0.1) is 10.1 Å². The number of hydrogen-bond donors (Lipinski definition) is 1. The lowest BCUT2D eigenvalue weighted by atomic mass is 9.95. The molecule has 1 unspecified atom stereocenters. The van der Waals surface area contributed by atoms with E-state index < -0.39 is 33.9 Å². The van der Waals surface area contributed by atoms with Crippen molar-refractivity contribution in [3.63, 3.8) is 0 Å². The number of aromatic nitrogens is 1. The summed E-state index contributed by atoms with van der Waals surface area (Å²) in [7, 11) is 3.82. The molecule has 0 fully saturated rings. The number of fused-ring (bicyclic) bond motifs is 1. The molecule has 1 aliphatic heterocycles. The van der Waals surface area contributed by atoms with Crippen LogP contribution in [-0.4, -0.2) is 41.3 Å². The summed E-state index contributed by atoms with van der Waals surface area (Å²) >= 11 is 4.27.